The molecule has 1 rings (SSSR count). The maximum Gasteiger partial charge on any atom is 0.323 e. The minimum Gasteiger partial charge on any atom is -0.464 e. The van der Waals surface area contributed by atoms with Crippen LogP contribution in [0.4, 0.5) is 0 Å². The van der Waals surface area contributed by atoms with E-state index in [0.29, 0.717) is 12.5 Å². The van der Waals surface area contributed by atoms with Crippen LogP contribution in [0.15, 0.2) is 0 Å². The molecule has 1 aliphatic carbocycles. The van der Waals surface area contributed by atoms with Gasteiger partial charge in [-0.15, -0.1) is 0 Å². The van der Waals surface area contributed by atoms with Gasteiger partial charge in [-0.25, -0.2) is 0 Å². The molecule has 3 heteroatoms. The first-order valence-electron chi connectivity index (χ1n) is 6.33. The molecule has 0 saturated heterocycles. The molecule has 0 radical (unpaired) electrons. The Balaban J connectivity index is 2.29. The van der Waals surface area contributed by atoms with Crippen molar-refractivity contribution in [1.82, 2.24) is 0 Å². The lowest BCUT2D eigenvalue weighted by atomic mass is 9.87. The second-order valence-corrected chi connectivity index (χ2v) is 5.98. The molecule has 0 bridgehead atoms. The molecule has 0 aliphatic heterocycles. The summed E-state index contributed by atoms with van der Waals surface area (Å²) in [7, 11) is 0. The molecule has 1 saturated carbocycles. The Hall–Kier alpha value is -0.570. The lowest BCUT2D eigenvalue weighted by Crippen LogP contribution is -2.43. The van der Waals surface area contributed by atoms with Gasteiger partial charge in [0.05, 0.1) is 6.61 Å². The topological polar surface area (TPSA) is 52.3 Å². The van der Waals surface area contributed by atoms with Crippen molar-refractivity contribution >= 4 is 5.97 Å². The molecule has 0 heterocycles. The molecule has 2 N–H and O–H groups in total. The van der Waals surface area contributed by atoms with Gasteiger partial charge in [0.25, 0.3) is 0 Å². The van der Waals surface area contributed by atoms with Gasteiger partial charge in [0.15, 0.2) is 0 Å². The number of rotatable bonds is 3. The van der Waals surface area contributed by atoms with Crippen molar-refractivity contribution in [3.63, 3.8) is 0 Å². The Kier molecular flexibility index (Phi) is 4.78. The smallest absolute Gasteiger partial charge is 0.323 e. The van der Waals surface area contributed by atoms with Crippen LogP contribution in [0, 0.1) is 11.3 Å². The summed E-state index contributed by atoms with van der Waals surface area (Å²) in [5.74, 6) is 0.308. The normalized spacial score (nSPS) is 20.5. The number of carbonyl (C=O) groups excluding carboxylic acids is 1. The van der Waals surface area contributed by atoms with E-state index in [-0.39, 0.29) is 11.4 Å². The average Bonchev–Trinajstić information content (AvgIpc) is 2.25. The van der Waals surface area contributed by atoms with Gasteiger partial charge in [-0.05, 0) is 24.2 Å². The third-order valence-electron chi connectivity index (χ3n) is 3.37. The molecular formula is C13H25NO2. The van der Waals surface area contributed by atoms with Crippen LogP contribution in [0.1, 0.15) is 52.9 Å². The van der Waals surface area contributed by atoms with Crippen molar-refractivity contribution in [2.45, 2.75) is 58.9 Å². The van der Waals surface area contributed by atoms with Gasteiger partial charge in [-0.2, -0.15) is 0 Å². The molecule has 16 heavy (non-hydrogen) atoms. The van der Waals surface area contributed by atoms with Gasteiger partial charge in [0, 0.05) is 0 Å². The lowest BCUT2D eigenvalue weighted by Gasteiger charge is -2.27. The van der Waals surface area contributed by atoms with E-state index >= 15 is 0 Å². The van der Waals surface area contributed by atoms with Crippen molar-refractivity contribution in [2.75, 3.05) is 6.61 Å². The van der Waals surface area contributed by atoms with Gasteiger partial charge < -0.3 is 10.5 Å². The first kappa shape index (κ1) is 13.5. The van der Waals surface area contributed by atoms with Crippen LogP contribution in [0.25, 0.3) is 0 Å². The number of hydrogen-bond donors (Lipinski definition) is 1. The average molecular weight is 227 g/mol. The van der Waals surface area contributed by atoms with Crippen LogP contribution in [-0.2, 0) is 9.53 Å². The summed E-state index contributed by atoms with van der Waals surface area (Å²) in [5, 5.41) is 0. The third-order valence-corrected chi connectivity index (χ3v) is 3.37. The highest BCUT2D eigenvalue weighted by molar-refractivity contribution is 5.76. The highest BCUT2D eigenvalue weighted by Crippen LogP contribution is 2.24. The minimum atomic E-state index is -0.518. The van der Waals surface area contributed by atoms with Gasteiger partial charge in [0.2, 0.25) is 0 Å². The summed E-state index contributed by atoms with van der Waals surface area (Å²) in [6.45, 7) is 6.43. The second kappa shape index (κ2) is 5.67. The molecule has 0 aromatic heterocycles. The Morgan fingerprint density at radius 2 is 1.88 bits per heavy atom. The molecular weight excluding hydrogens is 202 g/mol. The molecule has 0 spiro atoms. The molecule has 1 fully saturated rings. The predicted molar refractivity (Wildman–Crippen MR) is 65.0 cm³/mol. The van der Waals surface area contributed by atoms with Crippen molar-refractivity contribution in [3.05, 3.63) is 0 Å². The largest absolute Gasteiger partial charge is 0.464 e. The van der Waals surface area contributed by atoms with E-state index in [2.05, 4.69) is 0 Å². The van der Waals surface area contributed by atoms with E-state index in [1.807, 2.05) is 20.8 Å². The fourth-order valence-corrected chi connectivity index (χ4v) is 2.00. The Bertz CT molecular complexity index is 227. The van der Waals surface area contributed by atoms with Gasteiger partial charge in [0.1, 0.15) is 6.04 Å². The van der Waals surface area contributed by atoms with E-state index in [1.165, 1.54) is 32.1 Å². The second-order valence-electron chi connectivity index (χ2n) is 5.98. The Morgan fingerprint density at radius 1 is 1.31 bits per heavy atom. The predicted octanol–water partition coefficient (Wildman–Crippen LogP) is 2.48. The lowest BCUT2D eigenvalue weighted by molar-refractivity contribution is -0.149. The number of ether oxygens (including phenoxy) is 1. The zero-order valence-corrected chi connectivity index (χ0v) is 10.8. The maximum atomic E-state index is 11.7. The van der Waals surface area contributed by atoms with E-state index in [4.69, 9.17) is 10.5 Å². The fraction of sp³-hybridized carbons (Fsp3) is 0.923. The monoisotopic (exact) mass is 227 g/mol. The van der Waals surface area contributed by atoms with E-state index in [9.17, 15) is 4.79 Å². The maximum absolute atomic E-state index is 11.7. The molecule has 3 nitrogen and oxygen atoms in total. The van der Waals surface area contributed by atoms with Crippen molar-refractivity contribution in [3.8, 4) is 0 Å². The minimum absolute atomic E-state index is 0.219. The third kappa shape index (κ3) is 4.12. The summed E-state index contributed by atoms with van der Waals surface area (Å²) in [4.78, 5) is 11.7. The molecule has 0 aromatic rings. The summed E-state index contributed by atoms with van der Waals surface area (Å²) < 4.78 is 5.31. The van der Waals surface area contributed by atoms with E-state index < -0.39 is 6.04 Å². The molecule has 0 aromatic carbocycles. The first-order chi connectivity index (χ1) is 7.41. The van der Waals surface area contributed by atoms with Crippen LogP contribution in [-0.4, -0.2) is 18.6 Å². The number of hydrogen-bond acceptors (Lipinski definition) is 3. The summed E-state index contributed by atoms with van der Waals surface area (Å²) >= 11 is 0. The quantitative estimate of drug-likeness (QED) is 0.754. The Labute approximate surface area is 98.7 Å². The highest BCUT2D eigenvalue weighted by Gasteiger charge is 2.29. The number of nitrogens with two attached hydrogens (primary N) is 1. The summed E-state index contributed by atoms with van der Waals surface area (Å²) in [6, 6.07) is -0.518. The zero-order valence-electron chi connectivity index (χ0n) is 10.8. The number of esters is 1. The van der Waals surface area contributed by atoms with E-state index in [1.54, 1.807) is 0 Å². The van der Waals surface area contributed by atoms with Crippen LogP contribution < -0.4 is 5.73 Å². The Morgan fingerprint density at radius 3 is 2.38 bits per heavy atom. The summed E-state index contributed by atoms with van der Waals surface area (Å²) in [5.41, 5.74) is 5.62. The van der Waals surface area contributed by atoms with Crippen LogP contribution in [0.2, 0.25) is 0 Å². The van der Waals surface area contributed by atoms with Crippen LogP contribution >= 0.6 is 0 Å². The van der Waals surface area contributed by atoms with Crippen molar-refractivity contribution < 1.29 is 9.53 Å². The molecule has 1 aliphatic rings. The van der Waals surface area contributed by atoms with Crippen molar-refractivity contribution in [1.29, 1.82) is 0 Å². The fourth-order valence-electron chi connectivity index (χ4n) is 2.00. The molecule has 0 unspecified atom stereocenters. The standard InChI is InChI=1S/C13H25NO2/c1-13(2,3)11(14)12(15)16-9-10-7-5-4-6-8-10/h10-11H,4-9,14H2,1-3H3/t11-/m0/s1. The molecule has 0 amide bonds. The van der Waals surface area contributed by atoms with Crippen LogP contribution in [0.5, 0.6) is 0 Å². The molecule has 94 valence electrons. The van der Waals surface area contributed by atoms with Gasteiger partial charge in [-0.3, -0.25) is 4.79 Å². The van der Waals surface area contributed by atoms with Crippen molar-refractivity contribution in [2.24, 2.45) is 17.1 Å². The van der Waals surface area contributed by atoms with Crippen LogP contribution in [0.3, 0.4) is 0 Å². The van der Waals surface area contributed by atoms with Gasteiger partial charge in [-0.1, -0.05) is 40.0 Å². The molecule has 1 atom stereocenters. The number of carbonyl (C=O) groups is 1. The summed E-state index contributed by atoms with van der Waals surface area (Å²) in [6.07, 6.45) is 6.25. The van der Waals surface area contributed by atoms with E-state index in [0.717, 1.165) is 0 Å². The zero-order chi connectivity index (χ0) is 12.2. The highest BCUT2D eigenvalue weighted by atomic mass is 16.5. The van der Waals surface area contributed by atoms with Gasteiger partial charge >= 0.3 is 5.97 Å². The SMILES string of the molecule is CC(C)(C)[C@@H](N)C(=O)OCC1CCCCC1. The first-order valence-corrected chi connectivity index (χ1v) is 6.33.